The van der Waals surface area contributed by atoms with E-state index in [1.54, 1.807) is 0 Å². The van der Waals surface area contributed by atoms with Crippen LogP contribution in [0.3, 0.4) is 0 Å². The molecule has 4 rings (SSSR count). The zero-order valence-corrected chi connectivity index (χ0v) is 19.1. The fourth-order valence-corrected chi connectivity index (χ4v) is 4.96. The van der Waals surface area contributed by atoms with Crippen LogP contribution < -0.4 is 20.4 Å². The van der Waals surface area contributed by atoms with Crippen molar-refractivity contribution in [1.82, 2.24) is 29.9 Å². The minimum absolute atomic E-state index is 0.610. The van der Waals surface area contributed by atoms with E-state index in [9.17, 15) is 0 Å². The maximum Gasteiger partial charge on any atom is 0.231 e. The van der Waals surface area contributed by atoms with E-state index in [-0.39, 0.29) is 0 Å². The molecule has 0 bridgehead atoms. The molecule has 0 aliphatic carbocycles. The molecule has 2 aromatic heterocycles. The average molecular weight is 449 g/mol. The highest BCUT2D eigenvalue weighted by molar-refractivity contribution is 8.76. The summed E-state index contributed by atoms with van der Waals surface area (Å²) in [4.78, 5) is 32.1. The van der Waals surface area contributed by atoms with Gasteiger partial charge in [-0.3, -0.25) is 0 Å². The summed E-state index contributed by atoms with van der Waals surface area (Å²) in [5.41, 5.74) is 0. The van der Waals surface area contributed by atoms with Crippen LogP contribution in [0.2, 0.25) is 0 Å². The van der Waals surface area contributed by atoms with Crippen molar-refractivity contribution in [3.05, 3.63) is 0 Å². The van der Waals surface area contributed by atoms with Crippen molar-refractivity contribution < 1.29 is 0 Å². The first-order chi connectivity index (χ1) is 14.7. The molecular weight excluding hydrogens is 420 g/mol. The largest absolute Gasteiger partial charge is 0.354 e. The summed E-state index contributed by atoms with van der Waals surface area (Å²) in [7, 11) is 2.91. The van der Waals surface area contributed by atoms with Gasteiger partial charge < -0.3 is 20.4 Å². The van der Waals surface area contributed by atoms with Crippen molar-refractivity contribution in [1.29, 1.82) is 0 Å². The summed E-state index contributed by atoms with van der Waals surface area (Å²) in [6.07, 6.45) is 4.71. The SMILES string of the molecule is CCNc1nc(SSc2nc(NCC)nc(N3CCCC3)n2)nc(N2CCCC2)n1. The van der Waals surface area contributed by atoms with Gasteiger partial charge in [0, 0.05) is 39.3 Å². The van der Waals surface area contributed by atoms with Crippen LogP contribution in [0.4, 0.5) is 23.8 Å². The zero-order valence-electron chi connectivity index (χ0n) is 17.5. The first-order valence-electron chi connectivity index (χ1n) is 10.6. The van der Waals surface area contributed by atoms with E-state index < -0.39 is 0 Å². The number of hydrogen-bond acceptors (Lipinski definition) is 12. The van der Waals surface area contributed by atoms with Gasteiger partial charge in [0.25, 0.3) is 0 Å². The average Bonchev–Trinajstić information content (AvgIpc) is 3.47. The predicted molar refractivity (Wildman–Crippen MR) is 123 cm³/mol. The van der Waals surface area contributed by atoms with E-state index in [4.69, 9.17) is 0 Å². The fraction of sp³-hybridized carbons (Fsp3) is 0.667. The summed E-state index contributed by atoms with van der Waals surface area (Å²) < 4.78 is 0. The molecule has 4 heterocycles. The molecule has 0 saturated carbocycles. The van der Waals surface area contributed by atoms with E-state index >= 15 is 0 Å². The smallest absolute Gasteiger partial charge is 0.231 e. The Labute approximate surface area is 184 Å². The first-order valence-corrected chi connectivity index (χ1v) is 12.7. The number of anilines is 4. The molecule has 2 aliphatic rings. The highest BCUT2D eigenvalue weighted by Crippen LogP contribution is 2.35. The predicted octanol–water partition coefficient (Wildman–Crippen LogP) is 2.92. The first kappa shape index (κ1) is 21.2. The van der Waals surface area contributed by atoms with Crippen LogP contribution in [0, 0.1) is 0 Å². The third-order valence-electron chi connectivity index (χ3n) is 4.84. The Balaban J connectivity index is 1.53. The Hall–Kier alpha value is -2.08. The molecule has 0 unspecified atom stereocenters. The normalized spacial score (nSPS) is 16.3. The second-order valence-corrected chi connectivity index (χ2v) is 9.16. The van der Waals surface area contributed by atoms with Gasteiger partial charge in [0.05, 0.1) is 0 Å². The summed E-state index contributed by atoms with van der Waals surface area (Å²) in [5, 5.41) is 7.73. The molecule has 2 N–H and O–H groups in total. The molecular formula is C18H28N10S2. The lowest BCUT2D eigenvalue weighted by molar-refractivity contribution is 0.825. The van der Waals surface area contributed by atoms with Gasteiger partial charge >= 0.3 is 0 Å². The number of nitrogens with one attached hydrogen (secondary N) is 2. The summed E-state index contributed by atoms with van der Waals surface area (Å²) >= 11 is 0. The molecule has 0 atom stereocenters. The summed E-state index contributed by atoms with van der Waals surface area (Å²) in [6, 6.07) is 0. The third-order valence-corrected chi connectivity index (χ3v) is 6.74. The zero-order chi connectivity index (χ0) is 20.8. The maximum atomic E-state index is 4.68. The number of aromatic nitrogens is 6. The van der Waals surface area contributed by atoms with Crippen molar-refractivity contribution in [2.24, 2.45) is 0 Å². The van der Waals surface area contributed by atoms with Crippen molar-refractivity contribution in [3.63, 3.8) is 0 Å². The third kappa shape index (κ3) is 5.34. The van der Waals surface area contributed by atoms with Gasteiger partial charge in [0.15, 0.2) is 0 Å². The standard InChI is InChI=1S/C18H28N10S2/c1-3-19-13-21-15(27-9-5-6-10-27)25-17(23-13)29-30-18-24-14(20-4-2)22-16(26-18)28-11-7-8-12-28/h3-12H2,1-2H3,(H,19,21,23,25)(H,20,22,24,26). The molecule has 0 radical (unpaired) electrons. The van der Waals surface area contributed by atoms with E-state index in [2.05, 4.69) is 50.3 Å². The van der Waals surface area contributed by atoms with Crippen LogP contribution in [0.25, 0.3) is 0 Å². The second kappa shape index (κ2) is 10.3. The lowest BCUT2D eigenvalue weighted by Gasteiger charge is -2.17. The molecule has 2 fully saturated rings. The van der Waals surface area contributed by atoms with Gasteiger partial charge in [-0.2, -0.15) is 29.9 Å². The lowest BCUT2D eigenvalue weighted by atomic mass is 10.4. The molecule has 10 nitrogen and oxygen atoms in total. The highest BCUT2D eigenvalue weighted by Gasteiger charge is 2.20. The minimum Gasteiger partial charge on any atom is -0.354 e. The van der Waals surface area contributed by atoms with Gasteiger partial charge in [-0.1, -0.05) is 0 Å². The molecule has 162 valence electrons. The molecule has 12 heteroatoms. The highest BCUT2D eigenvalue weighted by atomic mass is 33.1. The number of hydrogen-bond donors (Lipinski definition) is 2. The molecule has 2 aromatic rings. The van der Waals surface area contributed by atoms with Gasteiger partial charge in [-0.15, -0.1) is 0 Å². The van der Waals surface area contributed by atoms with Crippen LogP contribution in [-0.4, -0.2) is 69.2 Å². The summed E-state index contributed by atoms with van der Waals surface area (Å²) in [5.74, 6) is 2.70. The van der Waals surface area contributed by atoms with E-state index in [1.165, 1.54) is 47.3 Å². The van der Waals surface area contributed by atoms with Crippen LogP contribution >= 0.6 is 21.6 Å². The Kier molecular flexibility index (Phi) is 7.26. The number of nitrogens with zero attached hydrogens (tertiary/aromatic N) is 8. The van der Waals surface area contributed by atoms with Crippen molar-refractivity contribution in [2.75, 3.05) is 59.7 Å². The van der Waals surface area contributed by atoms with Gasteiger partial charge in [0.2, 0.25) is 34.1 Å². The van der Waals surface area contributed by atoms with Gasteiger partial charge in [-0.25, -0.2) is 0 Å². The Morgan fingerprint density at radius 1 is 0.633 bits per heavy atom. The number of rotatable bonds is 9. The molecule has 0 aromatic carbocycles. The quantitative estimate of drug-likeness (QED) is 0.551. The van der Waals surface area contributed by atoms with Crippen LogP contribution in [0.5, 0.6) is 0 Å². The van der Waals surface area contributed by atoms with Crippen LogP contribution in [0.15, 0.2) is 10.3 Å². The Morgan fingerprint density at radius 3 is 1.40 bits per heavy atom. The van der Waals surface area contributed by atoms with E-state index in [0.717, 1.165) is 51.2 Å². The second-order valence-electron chi connectivity index (χ2n) is 7.10. The fourth-order valence-electron chi connectivity index (χ4n) is 3.43. The van der Waals surface area contributed by atoms with Gasteiger partial charge in [0.1, 0.15) is 0 Å². The molecule has 0 amide bonds. The topological polar surface area (TPSA) is 108 Å². The maximum absolute atomic E-state index is 4.68. The lowest BCUT2D eigenvalue weighted by Crippen LogP contribution is -2.22. The molecule has 2 saturated heterocycles. The van der Waals surface area contributed by atoms with Crippen LogP contribution in [0.1, 0.15) is 39.5 Å². The van der Waals surface area contributed by atoms with Crippen molar-refractivity contribution >= 4 is 45.4 Å². The van der Waals surface area contributed by atoms with E-state index in [0.29, 0.717) is 22.2 Å². The van der Waals surface area contributed by atoms with E-state index in [1.807, 2.05) is 13.8 Å². The monoisotopic (exact) mass is 448 g/mol. The molecule has 2 aliphatic heterocycles. The van der Waals surface area contributed by atoms with Gasteiger partial charge in [-0.05, 0) is 61.1 Å². The Bertz CT molecular complexity index is 770. The summed E-state index contributed by atoms with van der Waals surface area (Å²) in [6.45, 7) is 9.56. The van der Waals surface area contributed by atoms with Crippen molar-refractivity contribution in [3.8, 4) is 0 Å². The van der Waals surface area contributed by atoms with Crippen molar-refractivity contribution in [2.45, 2.75) is 49.8 Å². The molecule has 30 heavy (non-hydrogen) atoms. The van der Waals surface area contributed by atoms with Crippen LogP contribution in [-0.2, 0) is 0 Å². The molecule has 0 spiro atoms. The minimum atomic E-state index is 0.610. The Morgan fingerprint density at radius 2 is 1.03 bits per heavy atom.